The summed E-state index contributed by atoms with van der Waals surface area (Å²) in [5.41, 5.74) is -0.586. The third kappa shape index (κ3) is 4.01. The van der Waals surface area contributed by atoms with Gasteiger partial charge in [0.25, 0.3) is 0 Å². The van der Waals surface area contributed by atoms with Crippen molar-refractivity contribution in [2.45, 2.75) is 52.6 Å². The van der Waals surface area contributed by atoms with Gasteiger partial charge in [0.1, 0.15) is 0 Å². The molecule has 0 heterocycles. The van der Waals surface area contributed by atoms with Crippen LogP contribution >= 0.6 is 12.6 Å². The van der Waals surface area contributed by atoms with Gasteiger partial charge >= 0.3 is 0 Å². The minimum absolute atomic E-state index is 0.0435. The molecular weight excluding hydrogens is 194 g/mol. The summed E-state index contributed by atoms with van der Waals surface area (Å²) >= 11 is 4.26. The van der Waals surface area contributed by atoms with Gasteiger partial charge in [0, 0.05) is 17.2 Å². The lowest BCUT2D eigenvalue weighted by atomic mass is 9.88. The predicted octanol–water partition coefficient (Wildman–Crippen LogP) is 2.29. The number of hydrogen-bond acceptors (Lipinski definition) is 3. The Kier molecular flexibility index (Phi) is 4.66. The Labute approximate surface area is 93.3 Å². The van der Waals surface area contributed by atoms with Gasteiger partial charge in [0.05, 0.1) is 5.54 Å². The van der Waals surface area contributed by atoms with Crippen LogP contribution in [-0.4, -0.2) is 22.6 Å². The second-order valence-corrected chi connectivity index (χ2v) is 5.70. The smallest absolute Gasteiger partial charge is 0.155 e. The van der Waals surface area contributed by atoms with Crippen LogP contribution < -0.4 is 5.32 Å². The summed E-state index contributed by atoms with van der Waals surface area (Å²) < 4.78 is 0. The fraction of sp³-hybridized carbons (Fsp3) is 0.909. The zero-order chi connectivity index (χ0) is 11.6. The summed E-state index contributed by atoms with van der Waals surface area (Å²) in [6, 6.07) is 0. The van der Waals surface area contributed by atoms with E-state index >= 15 is 0 Å². The number of hydrogen-bond donors (Lipinski definition) is 2. The van der Waals surface area contributed by atoms with Gasteiger partial charge in [0.15, 0.2) is 5.78 Å². The Morgan fingerprint density at radius 3 is 1.93 bits per heavy atom. The number of carbonyl (C=O) groups is 1. The van der Waals surface area contributed by atoms with Crippen LogP contribution in [0.25, 0.3) is 0 Å². The van der Waals surface area contributed by atoms with Crippen molar-refractivity contribution in [2.24, 2.45) is 5.92 Å². The van der Waals surface area contributed by atoms with E-state index in [1.165, 1.54) is 0 Å². The highest BCUT2D eigenvalue weighted by atomic mass is 32.1. The third-order valence-corrected chi connectivity index (χ3v) is 2.67. The molecule has 0 aliphatic rings. The molecule has 0 aromatic rings. The normalized spacial score (nSPS) is 16.9. The van der Waals surface area contributed by atoms with Crippen molar-refractivity contribution in [2.75, 3.05) is 5.75 Å². The van der Waals surface area contributed by atoms with Gasteiger partial charge in [-0.2, -0.15) is 12.6 Å². The molecule has 0 radical (unpaired) electrons. The van der Waals surface area contributed by atoms with E-state index in [2.05, 4.69) is 38.7 Å². The summed E-state index contributed by atoms with van der Waals surface area (Å²) in [5, 5.41) is 3.34. The van der Waals surface area contributed by atoms with Crippen LogP contribution in [0.5, 0.6) is 0 Å². The number of Topliss-reactive ketones (excluding diaryl/α,β-unsaturated/α-hetero) is 1. The van der Waals surface area contributed by atoms with Crippen molar-refractivity contribution < 1.29 is 4.79 Å². The molecule has 0 bridgehead atoms. The zero-order valence-corrected chi connectivity index (χ0v) is 11.0. The van der Waals surface area contributed by atoms with Gasteiger partial charge in [0.2, 0.25) is 0 Å². The van der Waals surface area contributed by atoms with E-state index < -0.39 is 5.54 Å². The van der Waals surface area contributed by atoms with E-state index in [1.54, 1.807) is 0 Å². The zero-order valence-electron chi connectivity index (χ0n) is 10.1. The summed E-state index contributed by atoms with van der Waals surface area (Å²) in [5.74, 6) is 0.797. The fourth-order valence-electron chi connectivity index (χ4n) is 1.64. The molecule has 0 aliphatic carbocycles. The first-order valence-corrected chi connectivity index (χ1v) is 5.70. The molecule has 14 heavy (non-hydrogen) atoms. The molecule has 0 aromatic heterocycles. The molecular formula is C11H23NOS. The van der Waals surface area contributed by atoms with Gasteiger partial charge in [-0.15, -0.1) is 0 Å². The average Bonchev–Trinajstić information content (AvgIpc) is 1.99. The molecule has 0 saturated carbocycles. The van der Waals surface area contributed by atoms with Crippen molar-refractivity contribution in [1.82, 2.24) is 5.32 Å². The van der Waals surface area contributed by atoms with Crippen LogP contribution in [0, 0.1) is 5.92 Å². The molecule has 0 aliphatic heterocycles. The van der Waals surface area contributed by atoms with Crippen molar-refractivity contribution >= 4 is 18.4 Å². The van der Waals surface area contributed by atoms with E-state index in [9.17, 15) is 4.79 Å². The highest BCUT2D eigenvalue weighted by Gasteiger charge is 2.35. The van der Waals surface area contributed by atoms with Crippen molar-refractivity contribution in [3.8, 4) is 0 Å². The molecule has 1 atom stereocenters. The van der Waals surface area contributed by atoms with E-state index in [0.29, 0.717) is 5.75 Å². The average molecular weight is 217 g/mol. The molecule has 1 N–H and O–H groups in total. The predicted molar refractivity (Wildman–Crippen MR) is 65.0 cm³/mol. The largest absolute Gasteiger partial charge is 0.300 e. The van der Waals surface area contributed by atoms with Gasteiger partial charge in [-0.3, -0.25) is 10.1 Å². The Bertz CT molecular complexity index is 208. The molecule has 0 unspecified atom stereocenters. The second kappa shape index (κ2) is 4.67. The Morgan fingerprint density at radius 1 is 1.29 bits per heavy atom. The maximum Gasteiger partial charge on any atom is 0.155 e. The highest BCUT2D eigenvalue weighted by Crippen LogP contribution is 2.18. The lowest BCUT2D eigenvalue weighted by molar-refractivity contribution is -0.127. The number of carbonyl (C=O) groups excluding carboxylic acids is 1. The maximum absolute atomic E-state index is 12.0. The van der Waals surface area contributed by atoms with Crippen LogP contribution in [0.2, 0.25) is 0 Å². The molecule has 0 spiro atoms. The summed E-state index contributed by atoms with van der Waals surface area (Å²) in [6.45, 7) is 11.9. The number of ketones is 1. The molecule has 0 aromatic carbocycles. The minimum Gasteiger partial charge on any atom is -0.300 e. The maximum atomic E-state index is 12.0. The van der Waals surface area contributed by atoms with E-state index in [1.807, 2.05) is 20.8 Å². The first-order valence-electron chi connectivity index (χ1n) is 5.07. The first kappa shape index (κ1) is 14.0. The van der Waals surface area contributed by atoms with E-state index in [0.717, 1.165) is 0 Å². The van der Waals surface area contributed by atoms with Gasteiger partial charge in [-0.05, 0) is 27.7 Å². The molecule has 0 rings (SSSR count). The molecule has 2 nitrogen and oxygen atoms in total. The van der Waals surface area contributed by atoms with Gasteiger partial charge < -0.3 is 0 Å². The number of nitrogens with one attached hydrogen (secondary N) is 1. The van der Waals surface area contributed by atoms with Gasteiger partial charge in [-0.1, -0.05) is 13.8 Å². The van der Waals surface area contributed by atoms with Crippen LogP contribution in [0.3, 0.4) is 0 Å². The van der Waals surface area contributed by atoms with E-state index in [4.69, 9.17) is 0 Å². The Hall–Kier alpha value is -0.0200. The number of rotatable bonds is 4. The Morgan fingerprint density at radius 2 is 1.71 bits per heavy atom. The SMILES string of the molecule is CC(C)C(=O)[C@@](C)(CS)NC(C)(C)C. The highest BCUT2D eigenvalue weighted by molar-refractivity contribution is 7.80. The van der Waals surface area contributed by atoms with Crippen LogP contribution in [0.1, 0.15) is 41.5 Å². The summed E-state index contributed by atoms with van der Waals surface area (Å²) in [7, 11) is 0. The number of thiol groups is 1. The van der Waals surface area contributed by atoms with Crippen LogP contribution in [0.15, 0.2) is 0 Å². The molecule has 3 heteroatoms. The molecule has 0 saturated heterocycles. The summed E-state index contributed by atoms with van der Waals surface area (Å²) in [6.07, 6.45) is 0. The lowest BCUT2D eigenvalue weighted by Gasteiger charge is -2.36. The molecule has 84 valence electrons. The van der Waals surface area contributed by atoms with Gasteiger partial charge in [-0.25, -0.2) is 0 Å². The molecule has 0 amide bonds. The quantitative estimate of drug-likeness (QED) is 0.708. The van der Waals surface area contributed by atoms with Crippen molar-refractivity contribution in [1.29, 1.82) is 0 Å². The fourth-order valence-corrected chi connectivity index (χ4v) is 1.88. The van der Waals surface area contributed by atoms with E-state index in [-0.39, 0.29) is 17.2 Å². The molecule has 0 fully saturated rings. The topological polar surface area (TPSA) is 29.1 Å². The lowest BCUT2D eigenvalue weighted by Crippen LogP contribution is -2.59. The van der Waals surface area contributed by atoms with Crippen molar-refractivity contribution in [3.63, 3.8) is 0 Å². The second-order valence-electron chi connectivity index (χ2n) is 5.38. The van der Waals surface area contributed by atoms with Crippen LogP contribution in [-0.2, 0) is 4.79 Å². The first-order chi connectivity index (χ1) is 6.12. The van der Waals surface area contributed by atoms with Crippen molar-refractivity contribution in [3.05, 3.63) is 0 Å². The minimum atomic E-state index is -0.518. The summed E-state index contributed by atoms with van der Waals surface area (Å²) in [4.78, 5) is 12.0. The third-order valence-electron chi connectivity index (χ3n) is 2.04. The monoisotopic (exact) mass is 217 g/mol. The van der Waals surface area contributed by atoms with Crippen LogP contribution in [0.4, 0.5) is 0 Å². The standard InChI is InChI=1S/C11H23NOS/c1-8(2)9(13)11(6,7-14)12-10(3,4)5/h8,12,14H,7H2,1-6H3/t11-/m1/s1. The Balaban J connectivity index is 4.72.